The quantitative estimate of drug-likeness (QED) is 0.502. The topological polar surface area (TPSA) is 111 Å². The normalized spacial score (nSPS) is 14.3. The lowest BCUT2D eigenvalue weighted by Crippen LogP contribution is -2.22. The molecule has 0 radical (unpaired) electrons. The molecule has 0 aliphatic heterocycles. The predicted octanol–water partition coefficient (Wildman–Crippen LogP) is -0.473. The van der Waals surface area contributed by atoms with Crippen molar-refractivity contribution >= 4 is 5.69 Å². The second-order valence-corrected chi connectivity index (χ2v) is 3.15. The molecular weight excluding hydrogens is 196 g/mol. The molecule has 5 N–H and O–H groups in total. The SMILES string of the molecule is N#Cc1cc(N)ccc1C(O)C(O)CO. The minimum atomic E-state index is -1.30. The minimum Gasteiger partial charge on any atom is -0.399 e. The zero-order chi connectivity index (χ0) is 11.4. The molecule has 1 rings (SSSR count). The van der Waals surface area contributed by atoms with Crippen molar-refractivity contribution in [2.24, 2.45) is 0 Å². The minimum absolute atomic E-state index is 0.190. The molecule has 0 amide bonds. The van der Waals surface area contributed by atoms with E-state index in [4.69, 9.17) is 16.1 Å². The van der Waals surface area contributed by atoms with Gasteiger partial charge in [-0.25, -0.2) is 0 Å². The van der Waals surface area contributed by atoms with Crippen molar-refractivity contribution in [1.29, 1.82) is 5.26 Å². The van der Waals surface area contributed by atoms with Gasteiger partial charge in [0.1, 0.15) is 12.2 Å². The van der Waals surface area contributed by atoms with Crippen molar-refractivity contribution in [3.63, 3.8) is 0 Å². The Balaban J connectivity index is 3.09. The van der Waals surface area contributed by atoms with Crippen molar-refractivity contribution in [2.75, 3.05) is 12.3 Å². The third-order valence-corrected chi connectivity index (χ3v) is 2.07. The molecule has 0 saturated heterocycles. The molecule has 0 aliphatic rings. The van der Waals surface area contributed by atoms with Gasteiger partial charge in [-0.05, 0) is 12.1 Å². The molecule has 0 aliphatic carbocycles. The fourth-order valence-corrected chi connectivity index (χ4v) is 1.24. The number of aliphatic hydroxyl groups excluding tert-OH is 3. The summed E-state index contributed by atoms with van der Waals surface area (Å²) >= 11 is 0. The number of nitriles is 1. The van der Waals surface area contributed by atoms with Gasteiger partial charge in [0.2, 0.25) is 0 Å². The first-order chi connectivity index (χ1) is 7.10. The lowest BCUT2D eigenvalue weighted by Gasteiger charge is -2.17. The van der Waals surface area contributed by atoms with E-state index in [0.29, 0.717) is 5.69 Å². The Morgan fingerprint density at radius 3 is 2.60 bits per heavy atom. The maximum atomic E-state index is 9.59. The van der Waals surface area contributed by atoms with Crippen molar-refractivity contribution in [1.82, 2.24) is 0 Å². The first kappa shape index (κ1) is 11.5. The standard InChI is InChI=1S/C10H12N2O3/c11-4-6-3-7(12)1-2-8(6)10(15)9(14)5-13/h1-3,9-10,13-15H,5,12H2. The van der Waals surface area contributed by atoms with Gasteiger partial charge in [0, 0.05) is 11.3 Å². The smallest absolute Gasteiger partial charge is 0.108 e. The average molecular weight is 208 g/mol. The van der Waals surface area contributed by atoms with E-state index >= 15 is 0 Å². The molecule has 1 aromatic rings. The summed E-state index contributed by atoms with van der Waals surface area (Å²) in [7, 11) is 0. The molecule has 5 heteroatoms. The van der Waals surface area contributed by atoms with Crippen LogP contribution in [0.1, 0.15) is 17.2 Å². The summed E-state index contributed by atoms with van der Waals surface area (Å²) in [6.45, 7) is -0.573. The zero-order valence-electron chi connectivity index (χ0n) is 7.96. The van der Waals surface area contributed by atoms with Crippen LogP contribution in [-0.2, 0) is 0 Å². The molecule has 5 nitrogen and oxygen atoms in total. The van der Waals surface area contributed by atoms with Gasteiger partial charge in [0.15, 0.2) is 0 Å². The highest BCUT2D eigenvalue weighted by molar-refractivity contribution is 5.50. The van der Waals surface area contributed by atoms with E-state index in [1.165, 1.54) is 18.2 Å². The van der Waals surface area contributed by atoms with Crippen LogP contribution >= 0.6 is 0 Å². The number of anilines is 1. The molecule has 0 bridgehead atoms. The van der Waals surface area contributed by atoms with Gasteiger partial charge in [0.25, 0.3) is 0 Å². The van der Waals surface area contributed by atoms with E-state index in [2.05, 4.69) is 0 Å². The van der Waals surface area contributed by atoms with Crippen molar-refractivity contribution in [3.8, 4) is 6.07 Å². The average Bonchev–Trinajstić information content (AvgIpc) is 2.26. The molecule has 80 valence electrons. The number of hydrogen-bond donors (Lipinski definition) is 4. The molecule has 15 heavy (non-hydrogen) atoms. The Labute approximate surface area is 87.0 Å². The largest absolute Gasteiger partial charge is 0.399 e. The van der Waals surface area contributed by atoms with E-state index in [-0.39, 0.29) is 11.1 Å². The molecule has 0 fully saturated rings. The number of aliphatic hydroxyl groups is 3. The van der Waals surface area contributed by atoms with Crippen LogP contribution in [0.15, 0.2) is 18.2 Å². The van der Waals surface area contributed by atoms with Crippen LogP contribution in [0.2, 0.25) is 0 Å². The molecule has 0 heterocycles. The molecule has 0 saturated carbocycles. The van der Waals surface area contributed by atoms with Crippen LogP contribution in [-0.4, -0.2) is 28.0 Å². The maximum Gasteiger partial charge on any atom is 0.108 e. The summed E-state index contributed by atoms with van der Waals surface area (Å²) in [6.07, 6.45) is -2.59. The highest BCUT2D eigenvalue weighted by Crippen LogP contribution is 2.22. The lowest BCUT2D eigenvalue weighted by molar-refractivity contribution is -0.0153. The van der Waals surface area contributed by atoms with E-state index in [1.807, 2.05) is 6.07 Å². The summed E-state index contributed by atoms with van der Waals surface area (Å²) < 4.78 is 0. The molecule has 2 unspecified atom stereocenters. The Kier molecular flexibility index (Phi) is 3.63. The van der Waals surface area contributed by atoms with Gasteiger partial charge in [-0.3, -0.25) is 0 Å². The van der Waals surface area contributed by atoms with E-state index in [9.17, 15) is 10.2 Å². The van der Waals surface area contributed by atoms with Crippen molar-refractivity contribution in [3.05, 3.63) is 29.3 Å². The highest BCUT2D eigenvalue weighted by Gasteiger charge is 2.20. The van der Waals surface area contributed by atoms with Gasteiger partial charge in [0.05, 0.1) is 18.2 Å². The highest BCUT2D eigenvalue weighted by atomic mass is 16.4. The van der Waals surface area contributed by atoms with Gasteiger partial charge in [-0.2, -0.15) is 5.26 Å². The fraction of sp³-hybridized carbons (Fsp3) is 0.300. The Bertz CT molecular complexity index is 387. The molecule has 1 aromatic carbocycles. The Morgan fingerprint density at radius 1 is 1.40 bits per heavy atom. The van der Waals surface area contributed by atoms with E-state index < -0.39 is 18.8 Å². The number of hydrogen-bond acceptors (Lipinski definition) is 5. The summed E-state index contributed by atoms with van der Waals surface area (Å²) in [5, 5.41) is 36.3. The van der Waals surface area contributed by atoms with Gasteiger partial charge in [-0.15, -0.1) is 0 Å². The van der Waals surface area contributed by atoms with Crippen LogP contribution in [0.5, 0.6) is 0 Å². The number of benzene rings is 1. The van der Waals surface area contributed by atoms with Crippen LogP contribution < -0.4 is 5.73 Å². The number of nitrogens with two attached hydrogens (primary N) is 1. The molecular formula is C10H12N2O3. The van der Waals surface area contributed by atoms with Gasteiger partial charge in [-0.1, -0.05) is 6.07 Å². The van der Waals surface area contributed by atoms with E-state index in [1.54, 1.807) is 0 Å². The third kappa shape index (κ3) is 2.44. The Hall–Kier alpha value is -1.61. The van der Waals surface area contributed by atoms with Crippen molar-refractivity contribution < 1.29 is 15.3 Å². The summed E-state index contributed by atoms with van der Waals surface area (Å²) in [5.41, 5.74) is 6.32. The summed E-state index contributed by atoms with van der Waals surface area (Å²) in [6, 6.07) is 6.24. The number of nitrogen functional groups attached to an aromatic ring is 1. The van der Waals surface area contributed by atoms with Crippen molar-refractivity contribution in [2.45, 2.75) is 12.2 Å². The van der Waals surface area contributed by atoms with E-state index in [0.717, 1.165) is 0 Å². The Morgan fingerprint density at radius 2 is 2.07 bits per heavy atom. The zero-order valence-corrected chi connectivity index (χ0v) is 7.96. The third-order valence-electron chi connectivity index (χ3n) is 2.07. The monoisotopic (exact) mass is 208 g/mol. The van der Waals surface area contributed by atoms with Crippen LogP contribution in [0.4, 0.5) is 5.69 Å². The lowest BCUT2D eigenvalue weighted by atomic mass is 9.99. The summed E-state index contributed by atoms with van der Waals surface area (Å²) in [4.78, 5) is 0. The van der Waals surface area contributed by atoms with Crippen LogP contribution in [0, 0.1) is 11.3 Å². The van der Waals surface area contributed by atoms with Gasteiger partial charge >= 0.3 is 0 Å². The number of rotatable bonds is 3. The van der Waals surface area contributed by atoms with Crippen LogP contribution in [0.3, 0.4) is 0 Å². The predicted molar refractivity (Wildman–Crippen MR) is 53.6 cm³/mol. The second kappa shape index (κ2) is 4.75. The fourth-order valence-electron chi connectivity index (χ4n) is 1.24. The van der Waals surface area contributed by atoms with Gasteiger partial charge < -0.3 is 21.1 Å². The first-order valence-electron chi connectivity index (χ1n) is 4.36. The second-order valence-electron chi connectivity index (χ2n) is 3.15. The number of nitrogens with zero attached hydrogens (tertiary/aromatic N) is 1. The first-order valence-corrected chi connectivity index (χ1v) is 4.36. The van der Waals surface area contributed by atoms with Crippen LogP contribution in [0.25, 0.3) is 0 Å². The molecule has 0 spiro atoms. The summed E-state index contributed by atoms with van der Waals surface area (Å²) in [5.74, 6) is 0. The maximum absolute atomic E-state index is 9.59. The molecule has 2 atom stereocenters. The molecule has 0 aromatic heterocycles.